The first-order valence-electron chi connectivity index (χ1n) is 5.78. The van der Waals surface area contributed by atoms with E-state index >= 15 is 0 Å². The van der Waals surface area contributed by atoms with Gasteiger partial charge < -0.3 is 10.7 Å². The third kappa shape index (κ3) is 1.86. The Morgan fingerprint density at radius 3 is 2.94 bits per heavy atom. The third-order valence-corrected chi connectivity index (χ3v) is 4.00. The summed E-state index contributed by atoms with van der Waals surface area (Å²) in [5.74, 6) is 0. The van der Waals surface area contributed by atoms with E-state index in [4.69, 9.17) is 5.73 Å². The van der Waals surface area contributed by atoms with Crippen LogP contribution in [-0.2, 0) is 6.42 Å². The molecule has 3 aromatic rings. The fourth-order valence-corrected chi connectivity index (χ4v) is 2.95. The Morgan fingerprint density at radius 1 is 1.39 bits per heavy atom. The van der Waals surface area contributed by atoms with E-state index in [0.29, 0.717) is 5.13 Å². The highest BCUT2D eigenvalue weighted by atomic mass is 32.1. The Bertz CT molecular complexity index is 711. The van der Waals surface area contributed by atoms with Crippen molar-refractivity contribution in [2.45, 2.75) is 20.3 Å². The molecule has 3 N–H and O–H groups in total. The zero-order chi connectivity index (χ0) is 12.7. The van der Waals surface area contributed by atoms with Crippen LogP contribution in [0.15, 0.2) is 18.5 Å². The molecule has 0 unspecified atom stereocenters. The van der Waals surface area contributed by atoms with Gasteiger partial charge in [0.25, 0.3) is 0 Å². The van der Waals surface area contributed by atoms with Gasteiger partial charge in [0.05, 0.1) is 5.69 Å². The summed E-state index contributed by atoms with van der Waals surface area (Å²) in [5, 5.41) is 1.82. The van der Waals surface area contributed by atoms with Crippen LogP contribution >= 0.6 is 11.3 Å². The molecule has 3 rings (SSSR count). The summed E-state index contributed by atoms with van der Waals surface area (Å²) in [7, 11) is 0. The maximum atomic E-state index is 5.73. The van der Waals surface area contributed by atoms with Crippen LogP contribution in [0.4, 0.5) is 5.13 Å². The number of hydrogen-bond acceptors (Lipinski definition) is 4. The van der Waals surface area contributed by atoms with Crippen molar-refractivity contribution in [2.24, 2.45) is 0 Å². The molecule has 0 aliphatic rings. The van der Waals surface area contributed by atoms with Crippen molar-refractivity contribution in [3.8, 4) is 0 Å². The number of fused-ring (bicyclic) bond motifs is 1. The van der Waals surface area contributed by atoms with Crippen molar-refractivity contribution >= 4 is 27.5 Å². The van der Waals surface area contributed by atoms with E-state index in [0.717, 1.165) is 17.8 Å². The number of pyridine rings is 1. The van der Waals surface area contributed by atoms with Crippen molar-refractivity contribution in [1.29, 1.82) is 0 Å². The number of nitrogen functional groups attached to an aromatic ring is 1. The molecule has 0 atom stereocenters. The maximum absolute atomic E-state index is 5.73. The smallest absolute Gasteiger partial charge is 0.180 e. The molecule has 0 aliphatic carbocycles. The molecular weight excluding hydrogens is 244 g/mol. The van der Waals surface area contributed by atoms with E-state index in [-0.39, 0.29) is 0 Å². The molecule has 0 bridgehead atoms. The summed E-state index contributed by atoms with van der Waals surface area (Å²) >= 11 is 1.56. The fourth-order valence-electron chi connectivity index (χ4n) is 2.10. The highest BCUT2D eigenvalue weighted by Gasteiger charge is 2.10. The molecule has 0 spiro atoms. The van der Waals surface area contributed by atoms with Gasteiger partial charge in [-0.05, 0) is 31.0 Å². The van der Waals surface area contributed by atoms with Gasteiger partial charge in [-0.15, -0.1) is 11.3 Å². The van der Waals surface area contributed by atoms with Crippen molar-refractivity contribution in [1.82, 2.24) is 15.0 Å². The number of nitrogens with zero attached hydrogens (tertiary/aromatic N) is 2. The van der Waals surface area contributed by atoms with E-state index in [9.17, 15) is 0 Å². The minimum Gasteiger partial charge on any atom is -0.375 e. The van der Waals surface area contributed by atoms with Crippen molar-refractivity contribution < 1.29 is 0 Å². The molecule has 0 aliphatic heterocycles. The van der Waals surface area contributed by atoms with Gasteiger partial charge in [-0.2, -0.15) is 0 Å². The lowest BCUT2D eigenvalue weighted by molar-refractivity contribution is 1.16. The van der Waals surface area contributed by atoms with Crippen LogP contribution in [-0.4, -0.2) is 15.0 Å². The lowest BCUT2D eigenvalue weighted by atomic mass is 10.1. The average Bonchev–Trinajstić information content (AvgIpc) is 2.84. The summed E-state index contributed by atoms with van der Waals surface area (Å²) in [5.41, 5.74) is 10.1. The largest absolute Gasteiger partial charge is 0.375 e. The fraction of sp³-hybridized carbons (Fsp3) is 0.231. The van der Waals surface area contributed by atoms with Crippen LogP contribution in [0.5, 0.6) is 0 Å². The minimum atomic E-state index is 0.636. The SMILES string of the molecule is Cc1cnc2[nH]cc(Cc3sc(N)nc3C)c2c1. The lowest BCUT2D eigenvalue weighted by Crippen LogP contribution is -1.87. The Hall–Kier alpha value is -1.88. The number of hydrogen-bond donors (Lipinski definition) is 2. The van der Waals surface area contributed by atoms with Crippen molar-refractivity contribution in [3.05, 3.63) is 40.2 Å². The number of H-pyrrole nitrogens is 1. The second-order valence-corrected chi connectivity index (χ2v) is 5.58. The Labute approximate surface area is 109 Å². The quantitative estimate of drug-likeness (QED) is 0.742. The molecule has 4 nitrogen and oxygen atoms in total. The van der Waals surface area contributed by atoms with E-state index in [1.807, 2.05) is 19.3 Å². The summed E-state index contributed by atoms with van der Waals surface area (Å²) in [6, 6.07) is 2.16. The average molecular weight is 258 g/mol. The van der Waals surface area contributed by atoms with Gasteiger partial charge >= 0.3 is 0 Å². The normalized spacial score (nSPS) is 11.2. The number of nitrogens with two attached hydrogens (primary N) is 1. The Kier molecular flexibility index (Phi) is 2.56. The summed E-state index contributed by atoms with van der Waals surface area (Å²) in [6.07, 6.45) is 4.75. The second kappa shape index (κ2) is 4.10. The van der Waals surface area contributed by atoms with Crippen LogP contribution in [0, 0.1) is 13.8 Å². The predicted molar refractivity (Wildman–Crippen MR) is 74.9 cm³/mol. The van der Waals surface area contributed by atoms with Gasteiger partial charge in [-0.1, -0.05) is 0 Å². The van der Waals surface area contributed by atoms with Crippen LogP contribution in [0.25, 0.3) is 11.0 Å². The first-order chi connectivity index (χ1) is 8.63. The third-order valence-electron chi connectivity index (χ3n) is 3.01. The lowest BCUT2D eigenvalue weighted by Gasteiger charge is -1.98. The molecule has 0 radical (unpaired) electrons. The number of anilines is 1. The van der Waals surface area contributed by atoms with Crippen LogP contribution in [0.1, 0.15) is 21.7 Å². The van der Waals surface area contributed by atoms with Crippen LogP contribution < -0.4 is 5.73 Å². The van der Waals surface area contributed by atoms with Gasteiger partial charge in [0.15, 0.2) is 5.13 Å². The Balaban J connectivity index is 2.05. The van der Waals surface area contributed by atoms with Gasteiger partial charge in [0.1, 0.15) is 5.65 Å². The predicted octanol–water partition coefficient (Wildman–Crippen LogP) is 2.81. The first kappa shape index (κ1) is 11.2. The Morgan fingerprint density at radius 2 is 2.22 bits per heavy atom. The van der Waals surface area contributed by atoms with Crippen LogP contribution in [0.3, 0.4) is 0 Å². The highest BCUT2D eigenvalue weighted by Crippen LogP contribution is 2.26. The second-order valence-electron chi connectivity index (χ2n) is 4.46. The van der Waals surface area contributed by atoms with Gasteiger partial charge in [0.2, 0.25) is 0 Å². The molecular formula is C13H14N4S. The van der Waals surface area contributed by atoms with Gasteiger partial charge in [0, 0.05) is 29.1 Å². The molecule has 3 aromatic heterocycles. The van der Waals surface area contributed by atoms with E-state index in [2.05, 4.69) is 27.9 Å². The maximum Gasteiger partial charge on any atom is 0.180 e. The molecule has 92 valence electrons. The molecule has 0 saturated heterocycles. The number of nitrogens with one attached hydrogen (secondary N) is 1. The molecule has 0 aromatic carbocycles. The zero-order valence-corrected chi connectivity index (χ0v) is 11.1. The number of rotatable bonds is 2. The van der Waals surface area contributed by atoms with E-state index in [1.54, 1.807) is 11.3 Å². The van der Waals surface area contributed by atoms with E-state index < -0.39 is 0 Å². The van der Waals surface area contributed by atoms with E-state index in [1.165, 1.54) is 21.4 Å². The molecule has 3 heterocycles. The molecule has 0 fully saturated rings. The number of aromatic amines is 1. The molecule has 18 heavy (non-hydrogen) atoms. The summed E-state index contributed by atoms with van der Waals surface area (Å²) in [4.78, 5) is 13.1. The minimum absolute atomic E-state index is 0.636. The summed E-state index contributed by atoms with van der Waals surface area (Å²) in [6.45, 7) is 4.06. The highest BCUT2D eigenvalue weighted by molar-refractivity contribution is 7.15. The topological polar surface area (TPSA) is 67.6 Å². The number of aryl methyl sites for hydroxylation is 2. The monoisotopic (exact) mass is 258 g/mol. The molecule has 0 saturated carbocycles. The molecule has 0 amide bonds. The number of thiazole rings is 1. The van der Waals surface area contributed by atoms with Gasteiger partial charge in [-0.3, -0.25) is 0 Å². The van der Waals surface area contributed by atoms with Crippen molar-refractivity contribution in [3.63, 3.8) is 0 Å². The number of aromatic nitrogens is 3. The van der Waals surface area contributed by atoms with Crippen LogP contribution in [0.2, 0.25) is 0 Å². The van der Waals surface area contributed by atoms with Gasteiger partial charge in [-0.25, -0.2) is 9.97 Å². The standard InChI is InChI=1S/C13H14N4S/c1-7-3-10-9(6-16-12(10)15-5-7)4-11-8(2)17-13(14)18-11/h3,5-6H,4H2,1-2H3,(H2,14,17)(H,15,16). The zero-order valence-electron chi connectivity index (χ0n) is 10.3. The summed E-state index contributed by atoms with van der Waals surface area (Å²) < 4.78 is 0. The first-order valence-corrected chi connectivity index (χ1v) is 6.59. The van der Waals surface area contributed by atoms with Crippen molar-refractivity contribution in [2.75, 3.05) is 5.73 Å². The molecule has 5 heteroatoms.